The molecule has 0 fully saturated rings. The lowest BCUT2D eigenvalue weighted by atomic mass is 10.1. The third-order valence-corrected chi connectivity index (χ3v) is 4.46. The molecule has 0 saturated heterocycles. The van der Waals surface area contributed by atoms with Crippen molar-refractivity contribution >= 4 is 29.1 Å². The van der Waals surface area contributed by atoms with Crippen molar-refractivity contribution in [1.82, 2.24) is 10.2 Å². The SMILES string of the molecule is CN(C)C(CNC(=O)Cc1c(Cl)cccc1Cl)c1cccc(F)c1. The highest BCUT2D eigenvalue weighted by Crippen LogP contribution is 2.25. The second kappa shape index (κ2) is 8.47. The summed E-state index contributed by atoms with van der Waals surface area (Å²) < 4.78 is 13.4. The van der Waals surface area contributed by atoms with Crippen LogP contribution in [0.1, 0.15) is 17.2 Å². The topological polar surface area (TPSA) is 32.3 Å². The van der Waals surface area contributed by atoms with Crippen LogP contribution in [0.25, 0.3) is 0 Å². The van der Waals surface area contributed by atoms with E-state index in [-0.39, 0.29) is 24.2 Å². The predicted octanol–water partition coefficient (Wildman–Crippen LogP) is 4.09. The van der Waals surface area contributed by atoms with E-state index in [1.807, 2.05) is 25.1 Å². The minimum absolute atomic E-state index is 0.0990. The van der Waals surface area contributed by atoms with Crippen molar-refractivity contribution < 1.29 is 9.18 Å². The number of rotatable bonds is 6. The van der Waals surface area contributed by atoms with Crippen molar-refractivity contribution in [2.45, 2.75) is 12.5 Å². The van der Waals surface area contributed by atoms with Crippen molar-refractivity contribution in [2.75, 3.05) is 20.6 Å². The van der Waals surface area contributed by atoms with Crippen LogP contribution >= 0.6 is 23.2 Å². The first-order valence-corrected chi connectivity index (χ1v) is 8.25. The smallest absolute Gasteiger partial charge is 0.224 e. The van der Waals surface area contributed by atoms with Crippen molar-refractivity contribution in [3.63, 3.8) is 0 Å². The molecule has 1 amide bonds. The normalized spacial score (nSPS) is 12.2. The standard InChI is InChI=1S/C18H19Cl2FN2O/c1-23(2)17(12-5-3-6-13(21)9-12)11-22-18(24)10-14-15(19)7-4-8-16(14)20/h3-9,17H,10-11H2,1-2H3,(H,22,24). The summed E-state index contributed by atoms with van der Waals surface area (Å²) >= 11 is 12.2. The van der Waals surface area contributed by atoms with Crippen molar-refractivity contribution in [3.8, 4) is 0 Å². The zero-order valence-electron chi connectivity index (χ0n) is 13.5. The molecule has 0 aliphatic rings. The zero-order chi connectivity index (χ0) is 17.7. The molecule has 0 radical (unpaired) electrons. The van der Waals surface area contributed by atoms with Crippen LogP contribution in [0.5, 0.6) is 0 Å². The van der Waals surface area contributed by atoms with Crippen LogP contribution < -0.4 is 5.32 Å². The molecule has 0 spiro atoms. The van der Waals surface area contributed by atoms with E-state index >= 15 is 0 Å². The summed E-state index contributed by atoms with van der Waals surface area (Å²) in [5.74, 6) is -0.484. The molecule has 0 bridgehead atoms. The summed E-state index contributed by atoms with van der Waals surface area (Å²) in [6.45, 7) is 0.358. The fourth-order valence-electron chi connectivity index (χ4n) is 2.45. The minimum atomic E-state index is -0.298. The van der Waals surface area contributed by atoms with Gasteiger partial charge in [-0.1, -0.05) is 41.4 Å². The molecule has 0 aromatic heterocycles. The first kappa shape index (κ1) is 18.7. The van der Waals surface area contributed by atoms with Crippen LogP contribution in [0, 0.1) is 5.82 Å². The third kappa shape index (κ3) is 4.94. The molecule has 128 valence electrons. The number of carbonyl (C=O) groups excluding carboxylic acids is 1. The largest absolute Gasteiger partial charge is 0.354 e. The molecule has 0 saturated carbocycles. The fraction of sp³-hybridized carbons (Fsp3) is 0.278. The number of carbonyl (C=O) groups is 1. The fourth-order valence-corrected chi connectivity index (χ4v) is 2.98. The highest BCUT2D eigenvalue weighted by atomic mass is 35.5. The average Bonchev–Trinajstić information content (AvgIpc) is 2.51. The van der Waals surface area contributed by atoms with E-state index < -0.39 is 0 Å². The molecular formula is C18H19Cl2FN2O. The lowest BCUT2D eigenvalue weighted by Crippen LogP contribution is -2.35. The Labute approximate surface area is 151 Å². The van der Waals surface area contributed by atoms with Gasteiger partial charge in [0.15, 0.2) is 0 Å². The van der Waals surface area contributed by atoms with Gasteiger partial charge < -0.3 is 10.2 Å². The Morgan fingerprint density at radius 3 is 2.38 bits per heavy atom. The molecule has 24 heavy (non-hydrogen) atoms. The van der Waals surface area contributed by atoms with Crippen molar-refractivity contribution in [2.24, 2.45) is 0 Å². The van der Waals surface area contributed by atoms with Gasteiger partial charge in [0.2, 0.25) is 5.91 Å². The van der Waals surface area contributed by atoms with Gasteiger partial charge in [0.05, 0.1) is 12.5 Å². The van der Waals surface area contributed by atoms with E-state index in [2.05, 4.69) is 5.32 Å². The van der Waals surface area contributed by atoms with Crippen LogP contribution in [0.4, 0.5) is 4.39 Å². The Hall–Kier alpha value is -1.62. The quantitative estimate of drug-likeness (QED) is 0.832. The van der Waals surface area contributed by atoms with Gasteiger partial charge in [-0.05, 0) is 49.5 Å². The Bertz CT molecular complexity index is 702. The Morgan fingerprint density at radius 2 is 1.79 bits per heavy atom. The maximum Gasteiger partial charge on any atom is 0.224 e. The van der Waals surface area contributed by atoms with Gasteiger partial charge in [-0.15, -0.1) is 0 Å². The second-order valence-corrected chi connectivity index (χ2v) is 6.53. The van der Waals surface area contributed by atoms with E-state index in [0.29, 0.717) is 22.2 Å². The number of likely N-dealkylation sites (N-methyl/N-ethyl adjacent to an activating group) is 1. The Balaban J connectivity index is 2.03. The number of hydrogen-bond donors (Lipinski definition) is 1. The molecule has 1 atom stereocenters. The maximum absolute atomic E-state index is 13.4. The lowest BCUT2D eigenvalue weighted by molar-refractivity contribution is -0.120. The molecular weight excluding hydrogens is 350 g/mol. The first-order valence-electron chi connectivity index (χ1n) is 7.50. The van der Waals surface area contributed by atoms with Crippen LogP contribution in [0.2, 0.25) is 10.0 Å². The number of benzene rings is 2. The monoisotopic (exact) mass is 368 g/mol. The lowest BCUT2D eigenvalue weighted by Gasteiger charge is -2.25. The molecule has 1 unspecified atom stereocenters. The number of nitrogens with zero attached hydrogens (tertiary/aromatic N) is 1. The number of halogens is 3. The summed E-state index contributed by atoms with van der Waals surface area (Å²) in [5, 5.41) is 3.79. The van der Waals surface area contributed by atoms with Crippen molar-refractivity contribution in [1.29, 1.82) is 0 Å². The molecule has 2 aromatic rings. The number of hydrogen-bond acceptors (Lipinski definition) is 2. The third-order valence-electron chi connectivity index (χ3n) is 3.75. The van der Waals surface area contributed by atoms with Crippen LogP contribution in [-0.2, 0) is 11.2 Å². The van der Waals surface area contributed by atoms with E-state index in [1.165, 1.54) is 12.1 Å². The molecule has 6 heteroatoms. The number of nitrogens with one attached hydrogen (secondary N) is 1. The molecule has 2 aromatic carbocycles. The number of amides is 1. The highest BCUT2D eigenvalue weighted by molar-refractivity contribution is 6.36. The minimum Gasteiger partial charge on any atom is -0.354 e. The van der Waals surface area contributed by atoms with Gasteiger partial charge in [0, 0.05) is 16.6 Å². The summed E-state index contributed by atoms with van der Waals surface area (Å²) in [6, 6.07) is 11.4. The molecule has 3 nitrogen and oxygen atoms in total. The molecule has 0 aliphatic heterocycles. The summed E-state index contributed by atoms with van der Waals surface area (Å²) in [4.78, 5) is 14.1. The van der Waals surface area contributed by atoms with Gasteiger partial charge in [-0.2, -0.15) is 0 Å². The van der Waals surface area contributed by atoms with Gasteiger partial charge >= 0.3 is 0 Å². The molecule has 0 aliphatic carbocycles. The van der Waals surface area contributed by atoms with E-state index in [9.17, 15) is 9.18 Å². The van der Waals surface area contributed by atoms with E-state index in [1.54, 1.807) is 24.3 Å². The molecule has 0 heterocycles. The Kier molecular flexibility index (Phi) is 6.60. The van der Waals surface area contributed by atoms with Gasteiger partial charge in [-0.3, -0.25) is 4.79 Å². The van der Waals surface area contributed by atoms with Crippen LogP contribution in [0.3, 0.4) is 0 Å². The van der Waals surface area contributed by atoms with E-state index in [4.69, 9.17) is 23.2 Å². The molecule has 1 N–H and O–H groups in total. The summed E-state index contributed by atoms with van der Waals surface area (Å²) in [7, 11) is 3.76. The molecule has 2 rings (SSSR count). The highest BCUT2D eigenvalue weighted by Gasteiger charge is 2.17. The summed E-state index contributed by atoms with van der Waals surface area (Å²) in [6.07, 6.45) is 0.0990. The van der Waals surface area contributed by atoms with Gasteiger partial charge in [0.25, 0.3) is 0 Å². The van der Waals surface area contributed by atoms with Crippen LogP contribution in [0.15, 0.2) is 42.5 Å². The van der Waals surface area contributed by atoms with Gasteiger partial charge in [-0.25, -0.2) is 4.39 Å². The average molecular weight is 369 g/mol. The zero-order valence-corrected chi connectivity index (χ0v) is 15.0. The summed E-state index contributed by atoms with van der Waals surface area (Å²) in [5.41, 5.74) is 1.40. The van der Waals surface area contributed by atoms with Crippen LogP contribution in [-0.4, -0.2) is 31.4 Å². The van der Waals surface area contributed by atoms with Gasteiger partial charge in [0.1, 0.15) is 5.82 Å². The maximum atomic E-state index is 13.4. The van der Waals surface area contributed by atoms with Crippen molar-refractivity contribution in [3.05, 3.63) is 69.5 Å². The predicted molar refractivity (Wildman–Crippen MR) is 96.0 cm³/mol. The Morgan fingerprint density at radius 1 is 1.17 bits per heavy atom. The first-order chi connectivity index (χ1) is 11.4. The van der Waals surface area contributed by atoms with E-state index in [0.717, 1.165) is 5.56 Å². The second-order valence-electron chi connectivity index (χ2n) is 5.72.